The summed E-state index contributed by atoms with van der Waals surface area (Å²) in [4.78, 5) is 20.2. The van der Waals surface area contributed by atoms with Gasteiger partial charge in [-0.15, -0.1) is 22.9 Å². The minimum Gasteiger partial charge on any atom is -0.309 e. The molecule has 2 aromatic heterocycles. The van der Waals surface area contributed by atoms with Crippen LogP contribution in [0, 0.1) is 6.92 Å². The second kappa shape index (κ2) is 5.04. The van der Waals surface area contributed by atoms with Gasteiger partial charge in [-0.3, -0.25) is 4.79 Å². The van der Waals surface area contributed by atoms with Gasteiger partial charge in [0.25, 0.3) is 5.56 Å². The van der Waals surface area contributed by atoms with Crippen LogP contribution in [0.15, 0.2) is 34.4 Å². The number of aromatic amines is 1. The molecule has 1 unspecified atom stereocenters. The highest BCUT2D eigenvalue weighted by atomic mass is 35.5. The number of halogens is 1. The van der Waals surface area contributed by atoms with E-state index < -0.39 is 0 Å². The van der Waals surface area contributed by atoms with Gasteiger partial charge in [0.15, 0.2) is 0 Å². The van der Waals surface area contributed by atoms with Crippen molar-refractivity contribution in [2.75, 3.05) is 0 Å². The minimum atomic E-state index is -0.308. The summed E-state index contributed by atoms with van der Waals surface area (Å²) in [6, 6.07) is 8.12. The van der Waals surface area contributed by atoms with Gasteiger partial charge < -0.3 is 4.98 Å². The third-order valence-electron chi connectivity index (χ3n) is 3.20. The van der Waals surface area contributed by atoms with E-state index in [1.54, 1.807) is 6.92 Å². The predicted octanol–water partition coefficient (Wildman–Crippen LogP) is 4.26. The Morgan fingerprint density at radius 1 is 1.30 bits per heavy atom. The first-order chi connectivity index (χ1) is 9.56. The second-order valence-electron chi connectivity index (χ2n) is 4.76. The van der Waals surface area contributed by atoms with Gasteiger partial charge >= 0.3 is 0 Å². The number of hydrogen-bond acceptors (Lipinski definition) is 3. The van der Waals surface area contributed by atoms with Crippen molar-refractivity contribution in [3.63, 3.8) is 0 Å². The number of aromatic nitrogens is 2. The fraction of sp³-hybridized carbons (Fsp3) is 0.200. The van der Waals surface area contributed by atoms with Gasteiger partial charge in [-0.2, -0.15) is 0 Å². The molecule has 102 valence electrons. The summed E-state index contributed by atoms with van der Waals surface area (Å²) in [5.41, 5.74) is 3.02. The second-order valence-corrected chi connectivity index (χ2v) is 6.28. The Bertz CT molecular complexity index is 818. The van der Waals surface area contributed by atoms with Crippen LogP contribution < -0.4 is 5.56 Å². The molecule has 3 nitrogen and oxygen atoms in total. The van der Waals surface area contributed by atoms with Crippen LogP contribution >= 0.6 is 22.9 Å². The molecule has 0 saturated carbocycles. The van der Waals surface area contributed by atoms with Gasteiger partial charge in [0.05, 0.1) is 10.8 Å². The monoisotopic (exact) mass is 304 g/mol. The Hall–Kier alpha value is -1.65. The number of H-pyrrole nitrogens is 1. The van der Waals surface area contributed by atoms with Crippen molar-refractivity contribution in [2.45, 2.75) is 19.2 Å². The van der Waals surface area contributed by atoms with E-state index in [0.29, 0.717) is 11.2 Å². The molecule has 1 N–H and O–H groups in total. The number of nitrogens with zero attached hydrogens (tertiary/aromatic N) is 1. The molecule has 0 amide bonds. The normalized spacial score (nSPS) is 12.8. The number of nitrogens with one attached hydrogen (secondary N) is 1. The number of fused-ring (bicyclic) bond motifs is 1. The summed E-state index contributed by atoms with van der Waals surface area (Å²) >= 11 is 7.46. The van der Waals surface area contributed by atoms with Gasteiger partial charge in [-0.25, -0.2) is 4.98 Å². The molecule has 0 radical (unpaired) electrons. The molecule has 0 saturated heterocycles. The van der Waals surface area contributed by atoms with E-state index in [4.69, 9.17) is 11.6 Å². The molecule has 0 bridgehead atoms. The third-order valence-corrected chi connectivity index (χ3v) is 4.28. The van der Waals surface area contributed by atoms with E-state index in [1.165, 1.54) is 16.9 Å². The molecule has 2 heterocycles. The Labute approximate surface area is 125 Å². The number of rotatable bonds is 2. The highest BCUT2D eigenvalue weighted by Gasteiger charge is 2.14. The molecular formula is C15H13ClN2OS. The standard InChI is InChI=1S/C15H13ClN2OS/c1-8-3-5-10(6-4-8)11-7-20-15-12(11)14(19)17-13(18-15)9(2)16/h3-7,9H,1-2H3,(H,17,18,19). The third kappa shape index (κ3) is 2.25. The largest absolute Gasteiger partial charge is 0.309 e. The summed E-state index contributed by atoms with van der Waals surface area (Å²) in [6.45, 7) is 3.83. The van der Waals surface area contributed by atoms with Crippen LogP contribution in [0.3, 0.4) is 0 Å². The lowest BCUT2D eigenvalue weighted by molar-refractivity contribution is 0.917. The average molecular weight is 305 g/mol. The van der Waals surface area contributed by atoms with Crippen molar-refractivity contribution in [3.05, 3.63) is 51.4 Å². The highest BCUT2D eigenvalue weighted by molar-refractivity contribution is 7.17. The lowest BCUT2D eigenvalue weighted by atomic mass is 10.1. The maximum atomic E-state index is 12.3. The van der Waals surface area contributed by atoms with Crippen molar-refractivity contribution in [1.29, 1.82) is 0 Å². The highest BCUT2D eigenvalue weighted by Crippen LogP contribution is 2.31. The summed E-state index contributed by atoms with van der Waals surface area (Å²) in [7, 11) is 0. The van der Waals surface area contributed by atoms with E-state index in [9.17, 15) is 4.79 Å². The van der Waals surface area contributed by atoms with Crippen molar-refractivity contribution >= 4 is 33.2 Å². The van der Waals surface area contributed by atoms with Crippen LogP contribution in [0.4, 0.5) is 0 Å². The van der Waals surface area contributed by atoms with Crippen LogP contribution in [0.2, 0.25) is 0 Å². The Balaban J connectivity index is 2.24. The zero-order valence-electron chi connectivity index (χ0n) is 11.1. The molecule has 0 spiro atoms. The van der Waals surface area contributed by atoms with Crippen LogP contribution in [-0.4, -0.2) is 9.97 Å². The number of alkyl halides is 1. The maximum absolute atomic E-state index is 12.3. The predicted molar refractivity (Wildman–Crippen MR) is 84.7 cm³/mol. The molecule has 5 heteroatoms. The number of benzene rings is 1. The first-order valence-electron chi connectivity index (χ1n) is 6.29. The SMILES string of the molecule is Cc1ccc(-c2csc3nc(C(C)Cl)[nH]c(=O)c23)cc1. The lowest BCUT2D eigenvalue weighted by Gasteiger charge is -2.03. The molecule has 3 aromatic rings. The van der Waals surface area contributed by atoms with Crippen molar-refractivity contribution < 1.29 is 0 Å². The quantitative estimate of drug-likeness (QED) is 0.719. The lowest BCUT2D eigenvalue weighted by Crippen LogP contribution is -2.11. The van der Waals surface area contributed by atoms with E-state index in [0.717, 1.165) is 16.0 Å². The molecule has 3 rings (SSSR count). The molecule has 0 fully saturated rings. The van der Waals surface area contributed by atoms with Crippen molar-refractivity contribution in [1.82, 2.24) is 9.97 Å². The summed E-state index contributed by atoms with van der Waals surface area (Å²) in [6.07, 6.45) is 0. The van der Waals surface area contributed by atoms with E-state index in [-0.39, 0.29) is 10.9 Å². The van der Waals surface area contributed by atoms with Crippen LogP contribution in [-0.2, 0) is 0 Å². The summed E-state index contributed by atoms with van der Waals surface area (Å²) in [5, 5.41) is 2.30. The molecule has 0 aliphatic carbocycles. The number of aryl methyl sites for hydroxylation is 1. The van der Waals surface area contributed by atoms with Crippen LogP contribution in [0.5, 0.6) is 0 Å². The number of thiophene rings is 1. The minimum absolute atomic E-state index is 0.130. The zero-order valence-corrected chi connectivity index (χ0v) is 12.7. The molecule has 20 heavy (non-hydrogen) atoms. The first-order valence-corrected chi connectivity index (χ1v) is 7.60. The van der Waals surface area contributed by atoms with Gasteiger partial charge in [-0.05, 0) is 19.4 Å². The molecule has 1 aromatic carbocycles. The van der Waals surface area contributed by atoms with Crippen LogP contribution in [0.25, 0.3) is 21.3 Å². The Morgan fingerprint density at radius 3 is 2.65 bits per heavy atom. The van der Waals surface area contributed by atoms with Crippen LogP contribution in [0.1, 0.15) is 23.7 Å². The fourth-order valence-corrected chi connectivity index (χ4v) is 3.16. The number of hydrogen-bond donors (Lipinski definition) is 1. The average Bonchev–Trinajstić information content (AvgIpc) is 2.84. The zero-order chi connectivity index (χ0) is 14.3. The Kier molecular flexibility index (Phi) is 3.36. The molecular weight excluding hydrogens is 292 g/mol. The van der Waals surface area contributed by atoms with Gasteiger partial charge in [0.1, 0.15) is 10.7 Å². The molecule has 1 atom stereocenters. The van der Waals surface area contributed by atoms with Gasteiger partial charge in [0.2, 0.25) is 0 Å². The van der Waals surface area contributed by atoms with Crippen molar-refractivity contribution in [2.24, 2.45) is 0 Å². The smallest absolute Gasteiger partial charge is 0.260 e. The molecule has 0 aliphatic rings. The van der Waals surface area contributed by atoms with E-state index in [1.807, 2.05) is 36.6 Å². The van der Waals surface area contributed by atoms with E-state index in [2.05, 4.69) is 9.97 Å². The fourth-order valence-electron chi connectivity index (χ4n) is 2.10. The van der Waals surface area contributed by atoms with Crippen molar-refractivity contribution in [3.8, 4) is 11.1 Å². The Morgan fingerprint density at radius 2 is 2.00 bits per heavy atom. The van der Waals surface area contributed by atoms with Gasteiger partial charge in [-0.1, -0.05) is 29.8 Å². The topological polar surface area (TPSA) is 45.8 Å². The first kappa shape index (κ1) is 13.3. The van der Waals surface area contributed by atoms with Gasteiger partial charge in [0, 0.05) is 10.9 Å². The maximum Gasteiger partial charge on any atom is 0.260 e. The van der Waals surface area contributed by atoms with E-state index >= 15 is 0 Å². The summed E-state index contributed by atoms with van der Waals surface area (Å²) < 4.78 is 0. The summed E-state index contributed by atoms with van der Waals surface area (Å²) in [5.74, 6) is 0.515. The molecule has 0 aliphatic heterocycles.